The second kappa shape index (κ2) is 5.34. The van der Waals surface area contributed by atoms with Gasteiger partial charge in [-0.3, -0.25) is 5.32 Å². The van der Waals surface area contributed by atoms with Crippen molar-refractivity contribution in [2.24, 2.45) is 0 Å². The normalized spacial score (nSPS) is 15.1. The molecule has 0 aliphatic heterocycles. The molecule has 0 saturated heterocycles. The van der Waals surface area contributed by atoms with Gasteiger partial charge in [0, 0.05) is 11.6 Å². The van der Waals surface area contributed by atoms with Crippen molar-refractivity contribution in [3.63, 3.8) is 0 Å². The largest absolute Gasteiger partial charge is 0.480 e. The molecule has 0 radical (unpaired) electrons. The molecule has 106 valence electrons. The lowest BCUT2D eigenvalue weighted by molar-refractivity contribution is -0.206. The number of hydrogen-bond acceptors (Lipinski definition) is 2. The molecule has 1 aromatic carbocycles. The Balaban J connectivity index is 2.95. The molecule has 0 amide bonds. The highest BCUT2D eigenvalue weighted by Crippen LogP contribution is 2.31. The molecule has 1 aromatic rings. The highest BCUT2D eigenvalue weighted by molar-refractivity contribution is 6.31. The van der Waals surface area contributed by atoms with Crippen molar-refractivity contribution in [3.8, 4) is 0 Å². The Labute approximate surface area is 111 Å². The Morgan fingerprint density at radius 2 is 2.00 bits per heavy atom. The smallest absolute Gasteiger partial charge is 0.417 e. The van der Waals surface area contributed by atoms with E-state index >= 15 is 0 Å². The molecule has 0 spiro atoms. The molecule has 1 atom stereocenters. The molecule has 0 aromatic heterocycles. The maximum atomic E-state index is 12.9. The van der Waals surface area contributed by atoms with E-state index in [1.54, 1.807) is 0 Å². The highest BCUT2D eigenvalue weighted by atomic mass is 35.5. The average Bonchev–Trinajstić information content (AvgIpc) is 2.28. The van der Waals surface area contributed by atoms with Crippen LogP contribution in [0.4, 0.5) is 17.6 Å². The van der Waals surface area contributed by atoms with Crippen molar-refractivity contribution < 1.29 is 27.5 Å². The van der Waals surface area contributed by atoms with Crippen molar-refractivity contribution in [1.82, 2.24) is 5.32 Å². The summed E-state index contributed by atoms with van der Waals surface area (Å²) in [5.74, 6) is -2.75. The second-order valence-electron chi connectivity index (χ2n) is 4.02. The molecule has 1 unspecified atom stereocenters. The molecule has 0 bridgehead atoms. The van der Waals surface area contributed by atoms with Gasteiger partial charge in [0.15, 0.2) is 0 Å². The summed E-state index contributed by atoms with van der Waals surface area (Å²) in [5.41, 5.74) is -3.10. The molecule has 0 saturated carbocycles. The minimum atomic E-state index is -5.00. The van der Waals surface area contributed by atoms with Crippen molar-refractivity contribution in [1.29, 1.82) is 0 Å². The number of nitrogens with one attached hydrogen (secondary N) is 1. The Morgan fingerprint density at radius 3 is 2.47 bits per heavy atom. The van der Waals surface area contributed by atoms with Crippen LogP contribution in [-0.2, 0) is 11.3 Å². The van der Waals surface area contributed by atoms with Gasteiger partial charge in [0.05, 0.1) is 0 Å². The molecule has 0 aliphatic rings. The van der Waals surface area contributed by atoms with Gasteiger partial charge in [-0.15, -0.1) is 0 Å². The standard InChI is InChI=1S/C11H10ClF4NO2/c1-10(9(18)19,11(14,15)16)17-5-6-4-7(13)2-3-8(6)12/h2-4,17H,5H2,1H3,(H,18,19). The van der Waals surface area contributed by atoms with Crippen molar-refractivity contribution >= 4 is 17.6 Å². The van der Waals surface area contributed by atoms with Crippen molar-refractivity contribution in [3.05, 3.63) is 34.6 Å². The molecule has 0 heterocycles. The Morgan fingerprint density at radius 1 is 1.42 bits per heavy atom. The van der Waals surface area contributed by atoms with Gasteiger partial charge in [0.2, 0.25) is 5.54 Å². The lowest BCUT2D eigenvalue weighted by atomic mass is 10.0. The molecule has 3 nitrogen and oxygen atoms in total. The van der Waals surface area contributed by atoms with E-state index in [4.69, 9.17) is 16.7 Å². The zero-order chi connectivity index (χ0) is 14.8. The van der Waals surface area contributed by atoms with Gasteiger partial charge in [-0.2, -0.15) is 13.2 Å². The number of carbonyl (C=O) groups is 1. The van der Waals surface area contributed by atoms with Crippen molar-refractivity contribution in [2.75, 3.05) is 0 Å². The molecule has 1 rings (SSSR count). The van der Waals surface area contributed by atoms with Crippen LogP contribution >= 0.6 is 11.6 Å². The third-order valence-corrected chi connectivity index (χ3v) is 3.00. The quantitative estimate of drug-likeness (QED) is 0.840. The predicted octanol–water partition coefficient (Wildman–Crippen LogP) is 2.97. The fourth-order valence-corrected chi connectivity index (χ4v) is 1.43. The topological polar surface area (TPSA) is 49.3 Å². The van der Waals surface area contributed by atoms with E-state index in [0.29, 0.717) is 6.92 Å². The minimum Gasteiger partial charge on any atom is -0.480 e. The van der Waals surface area contributed by atoms with Crippen LogP contribution in [-0.4, -0.2) is 22.8 Å². The molecular weight excluding hydrogens is 290 g/mol. The van der Waals surface area contributed by atoms with E-state index in [0.717, 1.165) is 12.1 Å². The maximum absolute atomic E-state index is 12.9. The Bertz CT molecular complexity index is 492. The summed E-state index contributed by atoms with van der Waals surface area (Å²) < 4.78 is 51.0. The third-order valence-electron chi connectivity index (χ3n) is 2.63. The van der Waals surface area contributed by atoms with Crippen LogP contribution in [0, 0.1) is 5.82 Å². The fraction of sp³-hybridized carbons (Fsp3) is 0.364. The van der Waals surface area contributed by atoms with Crippen LogP contribution in [0.1, 0.15) is 12.5 Å². The Kier molecular flexibility index (Phi) is 4.42. The van der Waals surface area contributed by atoms with Gasteiger partial charge in [0.1, 0.15) is 5.82 Å². The van der Waals surface area contributed by atoms with Crippen LogP contribution in [0.5, 0.6) is 0 Å². The van der Waals surface area contributed by atoms with E-state index < -0.39 is 30.0 Å². The average molecular weight is 300 g/mol. The number of alkyl halides is 3. The number of halogens is 5. The molecule has 19 heavy (non-hydrogen) atoms. The van der Waals surface area contributed by atoms with E-state index in [1.807, 2.05) is 5.32 Å². The van der Waals surface area contributed by atoms with Gasteiger partial charge in [0.25, 0.3) is 0 Å². The van der Waals surface area contributed by atoms with Gasteiger partial charge >= 0.3 is 12.1 Å². The van der Waals surface area contributed by atoms with Crippen LogP contribution in [0.15, 0.2) is 18.2 Å². The predicted molar refractivity (Wildman–Crippen MR) is 60.3 cm³/mol. The fourth-order valence-electron chi connectivity index (χ4n) is 1.25. The zero-order valence-corrected chi connectivity index (χ0v) is 10.4. The molecule has 0 aliphatic carbocycles. The molecule has 8 heteroatoms. The monoisotopic (exact) mass is 299 g/mol. The summed E-state index contributed by atoms with van der Waals surface area (Å²) >= 11 is 5.68. The first-order valence-electron chi connectivity index (χ1n) is 5.07. The second-order valence-corrected chi connectivity index (χ2v) is 4.42. The summed E-state index contributed by atoms with van der Waals surface area (Å²) in [6.07, 6.45) is -5.00. The summed E-state index contributed by atoms with van der Waals surface area (Å²) in [6.45, 7) is -0.0402. The minimum absolute atomic E-state index is 0.0402. The van der Waals surface area contributed by atoms with Crippen LogP contribution in [0.3, 0.4) is 0 Å². The lowest BCUT2D eigenvalue weighted by Gasteiger charge is -2.28. The first-order valence-corrected chi connectivity index (χ1v) is 5.45. The van der Waals surface area contributed by atoms with E-state index in [1.165, 1.54) is 6.07 Å². The zero-order valence-electron chi connectivity index (χ0n) is 9.68. The summed E-state index contributed by atoms with van der Waals surface area (Å²) in [6, 6.07) is 3.17. The molecule has 2 N–H and O–H groups in total. The number of carboxylic acids is 1. The molecule has 0 fully saturated rings. The van der Waals surface area contributed by atoms with Crippen molar-refractivity contribution in [2.45, 2.75) is 25.2 Å². The number of hydrogen-bond donors (Lipinski definition) is 2. The molecular formula is C11H10ClF4NO2. The lowest BCUT2D eigenvalue weighted by Crippen LogP contribution is -2.59. The van der Waals surface area contributed by atoms with Crippen LogP contribution < -0.4 is 5.32 Å². The van der Waals surface area contributed by atoms with Crippen LogP contribution in [0.2, 0.25) is 5.02 Å². The van der Waals surface area contributed by atoms with Gasteiger partial charge in [-0.05, 0) is 30.7 Å². The number of aliphatic carboxylic acids is 1. The maximum Gasteiger partial charge on any atom is 0.417 e. The number of carboxylic acid groups (broad SMARTS) is 1. The first-order chi connectivity index (χ1) is 8.58. The summed E-state index contributed by atoms with van der Waals surface area (Å²) in [4.78, 5) is 10.8. The third kappa shape index (κ3) is 3.36. The van der Waals surface area contributed by atoms with Gasteiger partial charge in [-0.25, -0.2) is 9.18 Å². The summed E-state index contributed by atoms with van der Waals surface area (Å²) in [7, 11) is 0. The van der Waals surface area contributed by atoms with E-state index in [-0.39, 0.29) is 10.6 Å². The van der Waals surface area contributed by atoms with Crippen LogP contribution in [0.25, 0.3) is 0 Å². The van der Waals surface area contributed by atoms with Gasteiger partial charge < -0.3 is 5.11 Å². The van der Waals surface area contributed by atoms with Gasteiger partial charge in [-0.1, -0.05) is 11.6 Å². The summed E-state index contributed by atoms with van der Waals surface area (Å²) in [5, 5.41) is 10.6. The SMILES string of the molecule is CC(NCc1cc(F)ccc1Cl)(C(=O)O)C(F)(F)F. The Hall–Kier alpha value is -1.34. The number of benzene rings is 1. The first kappa shape index (κ1) is 15.7. The van der Waals surface area contributed by atoms with E-state index in [9.17, 15) is 22.4 Å². The van der Waals surface area contributed by atoms with E-state index in [2.05, 4.69) is 0 Å². The highest BCUT2D eigenvalue weighted by Gasteiger charge is 2.57. The number of rotatable bonds is 4.